The van der Waals surface area contributed by atoms with Gasteiger partial charge in [0, 0.05) is 4.90 Å². The summed E-state index contributed by atoms with van der Waals surface area (Å²) < 4.78 is 18.8. The van der Waals surface area contributed by atoms with E-state index in [1.54, 1.807) is 12.1 Å². The molecule has 0 fully saturated rings. The lowest BCUT2D eigenvalue weighted by Crippen LogP contribution is -1.95. The van der Waals surface area contributed by atoms with Crippen molar-refractivity contribution < 1.29 is 9.13 Å². The first-order chi connectivity index (χ1) is 8.20. The van der Waals surface area contributed by atoms with Crippen molar-refractivity contribution in [3.63, 3.8) is 0 Å². The molecule has 0 spiro atoms. The van der Waals surface area contributed by atoms with Gasteiger partial charge in [-0.15, -0.1) is 11.8 Å². The first-order valence-corrected chi connectivity index (χ1v) is 6.30. The van der Waals surface area contributed by atoms with Crippen molar-refractivity contribution in [2.24, 2.45) is 0 Å². The quantitative estimate of drug-likeness (QED) is 0.628. The fourth-order valence-electron chi connectivity index (χ4n) is 1.21. The SMILES string of the molecule is CSc1ccccc1Oc1nc(Cl)ncc1F. The summed E-state index contributed by atoms with van der Waals surface area (Å²) >= 11 is 7.08. The zero-order valence-corrected chi connectivity index (χ0v) is 10.4. The number of hydrogen-bond donors (Lipinski definition) is 0. The maximum absolute atomic E-state index is 13.4. The van der Waals surface area contributed by atoms with Gasteiger partial charge in [0.2, 0.25) is 11.1 Å². The van der Waals surface area contributed by atoms with Gasteiger partial charge >= 0.3 is 0 Å². The minimum absolute atomic E-state index is 0.0527. The van der Waals surface area contributed by atoms with E-state index in [1.165, 1.54) is 11.8 Å². The highest BCUT2D eigenvalue weighted by atomic mass is 35.5. The lowest BCUT2D eigenvalue weighted by atomic mass is 10.3. The Bertz CT molecular complexity index is 539. The second kappa shape index (κ2) is 5.33. The standard InChI is InChI=1S/C11H8ClFN2OS/c1-17-9-5-3-2-4-8(9)16-10-7(13)6-14-11(12)15-10/h2-6H,1H3. The molecule has 0 saturated carbocycles. The van der Waals surface area contributed by atoms with E-state index >= 15 is 0 Å². The summed E-state index contributed by atoms with van der Waals surface area (Å²) in [5.41, 5.74) is 0. The molecule has 1 aromatic heterocycles. The lowest BCUT2D eigenvalue weighted by molar-refractivity contribution is 0.412. The van der Waals surface area contributed by atoms with E-state index in [9.17, 15) is 4.39 Å². The van der Waals surface area contributed by atoms with Crippen LogP contribution in [0.3, 0.4) is 0 Å². The van der Waals surface area contributed by atoms with E-state index in [1.807, 2.05) is 18.4 Å². The van der Waals surface area contributed by atoms with Gasteiger partial charge in [0.15, 0.2) is 0 Å². The van der Waals surface area contributed by atoms with Crippen LogP contribution in [0.25, 0.3) is 0 Å². The molecule has 0 unspecified atom stereocenters. The summed E-state index contributed by atoms with van der Waals surface area (Å²) in [5, 5.41) is -0.0527. The number of rotatable bonds is 3. The zero-order chi connectivity index (χ0) is 12.3. The highest BCUT2D eigenvalue weighted by Gasteiger charge is 2.10. The minimum Gasteiger partial charge on any atom is -0.435 e. The monoisotopic (exact) mass is 270 g/mol. The van der Waals surface area contributed by atoms with E-state index in [-0.39, 0.29) is 11.2 Å². The van der Waals surface area contributed by atoms with Crippen molar-refractivity contribution in [2.75, 3.05) is 6.26 Å². The highest BCUT2D eigenvalue weighted by molar-refractivity contribution is 7.98. The third-order valence-corrected chi connectivity index (χ3v) is 2.92. The third kappa shape index (κ3) is 2.87. The van der Waals surface area contributed by atoms with E-state index in [0.29, 0.717) is 5.75 Å². The first kappa shape index (κ1) is 12.1. The zero-order valence-electron chi connectivity index (χ0n) is 8.85. The number of hydrogen-bond acceptors (Lipinski definition) is 4. The van der Waals surface area contributed by atoms with Crippen LogP contribution in [0, 0.1) is 5.82 Å². The second-order valence-corrected chi connectivity index (χ2v) is 4.23. The predicted molar refractivity (Wildman–Crippen MR) is 65.3 cm³/mol. The molecule has 2 rings (SSSR count). The van der Waals surface area contributed by atoms with Crippen molar-refractivity contribution in [2.45, 2.75) is 4.90 Å². The number of ether oxygens (including phenoxy) is 1. The number of para-hydroxylation sites is 1. The number of thioether (sulfide) groups is 1. The smallest absolute Gasteiger partial charge is 0.260 e. The molecule has 6 heteroatoms. The molecule has 0 amide bonds. The third-order valence-electron chi connectivity index (χ3n) is 1.96. The number of aromatic nitrogens is 2. The van der Waals surface area contributed by atoms with Crippen LogP contribution >= 0.6 is 23.4 Å². The molecule has 0 bridgehead atoms. The Hall–Kier alpha value is -1.33. The molecule has 0 aliphatic rings. The highest BCUT2D eigenvalue weighted by Crippen LogP contribution is 2.31. The molecule has 1 heterocycles. The topological polar surface area (TPSA) is 35.0 Å². The van der Waals surface area contributed by atoms with Gasteiger partial charge < -0.3 is 4.74 Å². The summed E-state index contributed by atoms with van der Waals surface area (Å²) in [5.74, 6) is -0.287. The van der Waals surface area contributed by atoms with Crippen LogP contribution in [0.4, 0.5) is 4.39 Å². The summed E-state index contributed by atoms with van der Waals surface area (Å²) in [6, 6.07) is 7.29. The first-order valence-electron chi connectivity index (χ1n) is 4.69. The summed E-state index contributed by atoms with van der Waals surface area (Å²) in [6.45, 7) is 0. The van der Waals surface area contributed by atoms with E-state index in [0.717, 1.165) is 11.1 Å². The van der Waals surface area contributed by atoms with Crippen molar-refractivity contribution in [1.82, 2.24) is 9.97 Å². The fourth-order valence-corrected chi connectivity index (χ4v) is 1.86. The summed E-state index contributed by atoms with van der Waals surface area (Å²) in [4.78, 5) is 8.10. The van der Waals surface area contributed by atoms with Gasteiger partial charge in [0.25, 0.3) is 5.88 Å². The molecule has 0 radical (unpaired) electrons. The van der Waals surface area contributed by atoms with Crippen LogP contribution in [-0.4, -0.2) is 16.2 Å². The van der Waals surface area contributed by atoms with E-state index in [4.69, 9.17) is 16.3 Å². The Labute approximate surface area is 107 Å². The lowest BCUT2D eigenvalue weighted by Gasteiger charge is -2.08. The van der Waals surface area contributed by atoms with Crippen LogP contribution in [0.2, 0.25) is 5.28 Å². The van der Waals surface area contributed by atoms with Crippen molar-refractivity contribution in [3.05, 3.63) is 41.6 Å². The number of halogens is 2. The van der Waals surface area contributed by atoms with Crippen LogP contribution in [0.15, 0.2) is 35.4 Å². The number of nitrogens with zero attached hydrogens (tertiary/aromatic N) is 2. The molecule has 0 aliphatic carbocycles. The Morgan fingerprint density at radius 1 is 1.35 bits per heavy atom. The Morgan fingerprint density at radius 3 is 2.88 bits per heavy atom. The van der Waals surface area contributed by atoms with Gasteiger partial charge in [0.05, 0.1) is 6.20 Å². The maximum Gasteiger partial charge on any atom is 0.260 e. The van der Waals surface area contributed by atoms with Gasteiger partial charge in [0.1, 0.15) is 5.75 Å². The summed E-state index contributed by atoms with van der Waals surface area (Å²) in [6.07, 6.45) is 2.89. The van der Waals surface area contributed by atoms with Crippen LogP contribution in [-0.2, 0) is 0 Å². The maximum atomic E-state index is 13.4. The van der Waals surface area contributed by atoms with Gasteiger partial charge in [-0.05, 0) is 30.0 Å². The average Bonchev–Trinajstić information content (AvgIpc) is 2.34. The molecular formula is C11H8ClFN2OS. The summed E-state index contributed by atoms with van der Waals surface area (Å²) in [7, 11) is 0. The molecule has 17 heavy (non-hydrogen) atoms. The molecule has 3 nitrogen and oxygen atoms in total. The Balaban J connectivity index is 2.34. The fraction of sp³-hybridized carbons (Fsp3) is 0.0909. The minimum atomic E-state index is -0.648. The number of benzene rings is 1. The van der Waals surface area contributed by atoms with E-state index < -0.39 is 5.82 Å². The Kier molecular flexibility index (Phi) is 3.81. The van der Waals surface area contributed by atoms with Crippen LogP contribution in [0.1, 0.15) is 0 Å². The van der Waals surface area contributed by atoms with Gasteiger partial charge in [-0.1, -0.05) is 12.1 Å². The average molecular weight is 271 g/mol. The normalized spacial score (nSPS) is 10.3. The molecule has 0 atom stereocenters. The molecule has 1 aromatic carbocycles. The molecule has 88 valence electrons. The molecular weight excluding hydrogens is 263 g/mol. The van der Waals surface area contributed by atoms with Crippen LogP contribution in [0.5, 0.6) is 11.6 Å². The van der Waals surface area contributed by atoms with Crippen molar-refractivity contribution in [1.29, 1.82) is 0 Å². The molecule has 0 aliphatic heterocycles. The van der Waals surface area contributed by atoms with Crippen molar-refractivity contribution >= 4 is 23.4 Å². The Morgan fingerprint density at radius 2 is 2.12 bits per heavy atom. The molecule has 0 saturated heterocycles. The van der Waals surface area contributed by atoms with Gasteiger partial charge in [-0.2, -0.15) is 9.37 Å². The van der Waals surface area contributed by atoms with Gasteiger partial charge in [-0.3, -0.25) is 0 Å². The second-order valence-electron chi connectivity index (χ2n) is 3.05. The molecule has 2 aromatic rings. The van der Waals surface area contributed by atoms with E-state index in [2.05, 4.69) is 9.97 Å². The van der Waals surface area contributed by atoms with Gasteiger partial charge in [-0.25, -0.2) is 4.98 Å². The van der Waals surface area contributed by atoms with Crippen molar-refractivity contribution in [3.8, 4) is 11.6 Å². The predicted octanol–water partition coefficient (Wildman–Crippen LogP) is 3.78. The van der Waals surface area contributed by atoms with Crippen LogP contribution < -0.4 is 4.74 Å². The molecule has 0 N–H and O–H groups in total. The largest absolute Gasteiger partial charge is 0.435 e.